The molecule has 1 N–H and O–H groups in total. The summed E-state index contributed by atoms with van der Waals surface area (Å²) >= 11 is 1.98. The van der Waals surface area contributed by atoms with Crippen LogP contribution in [0.15, 0.2) is 24.3 Å². The molecule has 0 bridgehead atoms. The van der Waals surface area contributed by atoms with Crippen molar-refractivity contribution in [3.8, 4) is 5.75 Å². The number of hydrogen-bond acceptors (Lipinski definition) is 4. The second-order valence-electron chi connectivity index (χ2n) is 4.70. The highest BCUT2D eigenvalue weighted by molar-refractivity contribution is 7.99. The van der Waals surface area contributed by atoms with Crippen LogP contribution < -0.4 is 10.1 Å². The van der Waals surface area contributed by atoms with E-state index in [1.54, 1.807) is 14.2 Å². The molecule has 1 aromatic rings. The number of benzene rings is 1. The number of hydrogen-bond donors (Lipinski definition) is 1. The first kappa shape index (κ1) is 17.3. The third-order valence-corrected chi connectivity index (χ3v) is 4.20. The van der Waals surface area contributed by atoms with E-state index in [4.69, 9.17) is 9.47 Å². The van der Waals surface area contributed by atoms with Gasteiger partial charge in [-0.05, 0) is 42.8 Å². The largest absolute Gasteiger partial charge is 0.497 e. The molecule has 3 nitrogen and oxygen atoms in total. The monoisotopic (exact) mass is 297 g/mol. The minimum absolute atomic E-state index is 0.387. The summed E-state index contributed by atoms with van der Waals surface area (Å²) in [6.45, 7) is 4.08. The van der Waals surface area contributed by atoms with Crippen molar-refractivity contribution in [3.63, 3.8) is 0 Å². The molecule has 1 aromatic carbocycles. The molecule has 0 aliphatic heterocycles. The summed E-state index contributed by atoms with van der Waals surface area (Å²) in [5, 5.41) is 3.62. The fourth-order valence-corrected chi connectivity index (χ4v) is 2.99. The molecule has 0 aliphatic carbocycles. The van der Waals surface area contributed by atoms with E-state index in [1.807, 2.05) is 17.8 Å². The van der Waals surface area contributed by atoms with Crippen molar-refractivity contribution in [3.05, 3.63) is 29.8 Å². The first-order chi connectivity index (χ1) is 9.81. The minimum atomic E-state index is 0.387. The van der Waals surface area contributed by atoms with E-state index in [0.717, 1.165) is 43.2 Å². The van der Waals surface area contributed by atoms with Gasteiger partial charge in [-0.1, -0.05) is 19.1 Å². The summed E-state index contributed by atoms with van der Waals surface area (Å²) in [6, 6.07) is 8.74. The van der Waals surface area contributed by atoms with Gasteiger partial charge in [0.1, 0.15) is 5.75 Å². The summed E-state index contributed by atoms with van der Waals surface area (Å²) in [4.78, 5) is 0. The smallest absolute Gasteiger partial charge is 0.119 e. The predicted molar refractivity (Wildman–Crippen MR) is 87.8 cm³/mol. The van der Waals surface area contributed by atoms with Gasteiger partial charge in [-0.25, -0.2) is 0 Å². The van der Waals surface area contributed by atoms with E-state index in [1.165, 1.54) is 5.56 Å². The third kappa shape index (κ3) is 6.64. The van der Waals surface area contributed by atoms with Crippen molar-refractivity contribution in [2.75, 3.05) is 38.9 Å². The zero-order chi connectivity index (χ0) is 14.6. The van der Waals surface area contributed by atoms with Crippen LogP contribution in [0.1, 0.15) is 31.4 Å². The lowest BCUT2D eigenvalue weighted by Crippen LogP contribution is -2.24. The van der Waals surface area contributed by atoms with Gasteiger partial charge in [0.15, 0.2) is 0 Å². The third-order valence-electron chi connectivity index (χ3n) is 3.06. The number of thioether (sulfide) groups is 1. The quantitative estimate of drug-likeness (QED) is 0.633. The van der Waals surface area contributed by atoms with Crippen LogP contribution in [0.25, 0.3) is 0 Å². The van der Waals surface area contributed by atoms with Crippen molar-refractivity contribution >= 4 is 11.8 Å². The van der Waals surface area contributed by atoms with Crippen LogP contribution in [0.3, 0.4) is 0 Å². The molecule has 0 saturated heterocycles. The fourth-order valence-electron chi connectivity index (χ4n) is 1.96. The highest BCUT2D eigenvalue weighted by atomic mass is 32.2. The minimum Gasteiger partial charge on any atom is -0.497 e. The number of methoxy groups -OCH3 is 2. The summed E-state index contributed by atoms with van der Waals surface area (Å²) in [5.41, 5.74) is 1.30. The van der Waals surface area contributed by atoms with Gasteiger partial charge in [-0.2, -0.15) is 11.8 Å². The maximum absolute atomic E-state index is 5.32. The normalized spacial score (nSPS) is 12.3. The molecule has 0 aromatic heterocycles. The molecular weight excluding hydrogens is 270 g/mol. The molecule has 4 heteroatoms. The molecule has 0 heterocycles. The predicted octanol–water partition coefficient (Wildman–Crippen LogP) is 3.51. The van der Waals surface area contributed by atoms with Gasteiger partial charge in [-0.15, -0.1) is 0 Å². The van der Waals surface area contributed by atoms with Crippen molar-refractivity contribution in [1.29, 1.82) is 0 Å². The molecule has 1 atom stereocenters. The standard InChI is InChI=1S/C16H27NO2S/c1-4-9-17-16(13-20-11-6-10-18-2)14-7-5-8-15(12-14)19-3/h5,7-8,12,16-17H,4,6,9-11,13H2,1-3H3. The fraction of sp³-hybridized carbons (Fsp3) is 0.625. The van der Waals surface area contributed by atoms with E-state index in [0.29, 0.717) is 6.04 Å². The lowest BCUT2D eigenvalue weighted by molar-refractivity contribution is 0.200. The molecule has 114 valence electrons. The lowest BCUT2D eigenvalue weighted by Gasteiger charge is -2.19. The molecule has 0 amide bonds. The van der Waals surface area contributed by atoms with Crippen LogP contribution >= 0.6 is 11.8 Å². The zero-order valence-corrected chi connectivity index (χ0v) is 13.7. The first-order valence-corrected chi connectivity index (χ1v) is 8.41. The van der Waals surface area contributed by atoms with Crippen molar-refractivity contribution in [2.24, 2.45) is 0 Å². The SMILES string of the molecule is CCCNC(CSCCCOC)c1cccc(OC)c1. The van der Waals surface area contributed by atoms with Gasteiger partial charge < -0.3 is 14.8 Å². The summed E-state index contributed by atoms with van der Waals surface area (Å²) in [6.07, 6.45) is 2.26. The summed E-state index contributed by atoms with van der Waals surface area (Å²) < 4.78 is 10.4. The number of nitrogens with one attached hydrogen (secondary N) is 1. The molecule has 1 rings (SSSR count). The molecule has 0 aliphatic rings. The zero-order valence-electron chi connectivity index (χ0n) is 12.9. The van der Waals surface area contributed by atoms with Crippen molar-refractivity contribution < 1.29 is 9.47 Å². The van der Waals surface area contributed by atoms with Crippen LogP contribution in [0, 0.1) is 0 Å². The van der Waals surface area contributed by atoms with Crippen molar-refractivity contribution in [2.45, 2.75) is 25.8 Å². The Morgan fingerprint density at radius 2 is 2.15 bits per heavy atom. The molecule has 1 unspecified atom stereocenters. The highest BCUT2D eigenvalue weighted by Crippen LogP contribution is 2.22. The maximum Gasteiger partial charge on any atom is 0.119 e. The number of ether oxygens (including phenoxy) is 2. The van der Waals surface area contributed by atoms with Gasteiger partial charge in [0, 0.05) is 25.5 Å². The Hall–Kier alpha value is -0.710. The lowest BCUT2D eigenvalue weighted by atomic mass is 10.1. The van der Waals surface area contributed by atoms with E-state index in [2.05, 4.69) is 30.4 Å². The van der Waals surface area contributed by atoms with Crippen LogP contribution in [0.5, 0.6) is 5.75 Å². The number of rotatable bonds is 11. The average molecular weight is 297 g/mol. The molecule has 20 heavy (non-hydrogen) atoms. The topological polar surface area (TPSA) is 30.5 Å². The summed E-state index contributed by atoms with van der Waals surface area (Å²) in [7, 11) is 3.47. The highest BCUT2D eigenvalue weighted by Gasteiger charge is 2.11. The Kier molecular flexibility index (Phi) is 9.54. The van der Waals surface area contributed by atoms with E-state index >= 15 is 0 Å². The van der Waals surface area contributed by atoms with Gasteiger partial charge in [0.25, 0.3) is 0 Å². The Bertz CT molecular complexity index is 360. The second-order valence-corrected chi connectivity index (χ2v) is 5.85. The second kappa shape index (κ2) is 11.0. The molecule has 0 saturated carbocycles. The van der Waals surface area contributed by atoms with E-state index in [9.17, 15) is 0 Å². The van der Waals surface area contributed by atoms with Gasteiger partial charge in [-0.3, -0.25) is 0 Å². The molecule has 0 fully saturated rings. The molecular formula is C16H27NO2S. The first-order valence-electron chi connectivity index (χ1n) is 7.25. The van der Waals surface area contributed by atoms with Crippen LogP contribution in [-0.4, -0.2) is 38.9 Å². The Morgan fingerprint density at radius 1 is 1.30 bits per heavy atom. The maximum atomic E-state index is 5.32. The van der Waals surface area contributed by atoms with Crippen LogP contribution in [-0.2, 0) is 4.74 Å². The van der Waals surface area contributed by atoms with Crippen molar-refractivity contribution in [1.82, 2.24) is 5.32 Å². The van der Waals surface area contributed by atoms with Gasteiger partial charge in [0.2, 0.25) is 0 Å². The van der Waals surface area contributed by atoms with Gasteiger partial charge >= 0.3 is 0 Å². The Morgan fingerprint density at radius 3 is 2.85 bits per heavy atom. The molecule has 0 radical (unpaired) electrons. The molecule has 0 spiro atoms. The Labute approximate surface area is 127 Å². The van der Waals surface area contributed by atoms with Crippen LogP contribution in [0.2, 0.25) is 0 Å². The van der Waals surface area contributed by atoms with E-state index in [-0.39, 0.29) is 0 Å². The van der Waals surface area contributed by atoms with E-state index < -0.39 is 0 Å². The average Bonchev–Trinajstić information content (AvgIpc) is 2.50. The van der Waals surface area contributed by atoms with Gasteiger partial charge in [0.05, 0.1) is 7.11 Å². The van der Waals surface area contributed by atoms with Crippen LogP contribution in [0.4, 0.5) is 0 Å². The Balaban J connectivity index is 2.53. The summed E-state index contributed by atoms with van der Waals surface area (Å²) in [5.74, 6) is 3.15.